The van der Waals surface area contributed by atoms with E-state index in [9.17, 15) is 4.79 Å². The maximum atomic E-state index is 12.5. The zero-order valence-corrected chi connectivity index (χ0v) is 14.1. The van der Waals surface area contributed by atoms with Crippen LogP contribution in [0.3, 0.4) is 0 Å². The lowest BCUT2D eigenvalue weighted by Gasteiger charge is -2.18. The van der Waals surface area contributed by atoms with Gasteiger partial charge in [0.1, 0.15) is 5.84 Å². The molecule has 2 aromatic rings. The molecule has 0 spiro atoms. The molecule has 0 unspecified atom stereocenters. The van der Waals surface area contributed by atoms with E-state index in [1.165, 1.54) is 0 Å². The highest BCUT2D eigenvalue weighted by atomic mass is 127. The second-order valence-electron chi connectivity index (χ2n) is 4.99. The number of nitrogens with zero attached hydrogens (tertiary/aromatic N) is 1. The number of nitrogens with one attached hydrogen (secondary N) is 2. The summed E-state index contributed by atoms with van der Waals surface area (Å²) < 4.78 is 0.934. The number of carbonyl (C=O) groups is 1. The van der Waals surface area contributed by atoms with Crippen LogP contribution >= 0.6 is 22.6 Å². The number of amidine groups is 1. The zero-order chi connectivity index (χ0) is 15.4. The summed E-state index contributed by atoms with van der Waals surface area (Å²) in [4.78, 5) is 17.0. The van der Waals surface area contributed by atoms with Gasteiger partial charge in [0.05, 0.1) is 11.3 Å². The van der Waals surface area contributed by atoms with E-state index in [-0.39, 0.29) is 5.91 Å². The van der Waals surface area contributed by atoms with Gasteiger partial charge in [0.2, 0.25) is 0 Å². The molecular formula is C17H16IN3O. The summed E-state index contributed by atoms with van der Waals surface area (Å²) >= 11 is 2.17. The van der Waals surface area contributed by atoms with Crippen molar-refractivity contribution in [1.82, 2.24) is 5.32 Å². The van der Waals surface area contributed by atoms with Gasteiger partial charge in [-0.1, -0.05) is 24.3 Å². The Morgan fingerprint density at radius 3 is 2.68 bits per heavy atom. The van der Waals surface area contributed by atoms with Gasteiger partial charge in [-0.3, -0.25) is 9.79 Å². The van der Waals surface area contributed by atoms with Crippen LogP contribution < -0.4 is 10.6 Å². The summed E-state index contributed by atoms with van der Waals surface area (Å²) in [6.45, 7) is 1.74. The Kier molecular flexibility index (Phi) is 4.72. The third-order valence-electron chi connectivity index (χ3n) is 3.45. The molecular weight excluding hydrogens is 389 g/mol. The van der Waals surface area contributed by atoms with Gasteiger partial charge in [-0.25, -0.2) is 0 Å². The monoisotopic (exact) mass is 405 g/mol. The van der Waals surface area contributed by atoms with Gasteiger partial charge in [0.25, 0.3) is 5.91 Å². The SMILES string of the molecule is O=C(Nc1ccccc1C1=NCCCN1)c1ccccc1I. The highest BCUT2D eigenvalue weighted by Gasteiger charge is 2.15. The lowest BCUT2D eigenvalue weighted by molar-refractivity contribution is 0.102. The predicted molar refractivity (Wildman–Crippen MR) is 97.6 cm³/mol. The van der Waals surface area contributed by atoms with Gasteiger partial charge in [-0.2, -0.15) is 0 Å². The molecule has 0 saturated heterocycles. The van der Waals surface area contributed by atoms with Crippen molar-refractivity contribution in [3.8, 4) is 0 Å². The molecule has 0 bridgehead atoms. The molecule has 1 aliphatic heterocycles. The third-order valence-corrected chi connectivity index (χ3v) is 4.39. The van der Waals surface area contributed by atoms with Crippen LogP contribution in [-0.4, -0.2) is 24.8 Å². The topological polar surface area (TPSA) is 53.5 Å². The third kappa shape index (κ3) is 3.30. The fraction of sp³-hybridized carbons (Fsp3) is 0.176. The molecule has 1 aliphatic rings. The normalized spacial score (nSPS) is 14.0. The fourth-order valence-electron chi connectivity index (χ4n) is 2.35. The average molecular weight is 405 g/mol. The maximum absolute atomic E-state index is 12.5. The van der Waals surface area contributed by atoms with Crippen molar-refractivity contribution in [3.63, 3.8) is 0 Å². The van der Waals surface area contributed by atoms with Gasteiger partial charge >= 0.3 is 0 Å². The summed E-state index contributed by atoms with van der Waals surface area (Å²) in [6.07, 6.45) is 1.04. The van der Waals surface area contributed by atoms with E-state index in [1.54, 1.807) is 0 Å². The lowest BCUT2D eigenvalue weighted by Crippen LogP contribution is -2.31. The molecule has 0 aliphatic carbocycles. The first kappa shape index (κ1) is 15.0. The average Bonchev–Trinajstić information content (AvgIpc) is 2.56. The molecule has 2 N–H and O–H groups in total. The number of carbonyl (C=O) groups excluding carboxylic acids is 1. The van der Waals surface area contributed by atoms with E-state index >= 15 is 0 Å². The van der Waals surface area contributed by atoms with Crippen molar-refractivity contribution in [2.75, 3.05) is 18.4 Å². The van der Waals surface area contributed by atoms with Crippen molar-refractivity contribution >= 4 is 40.0 Å². The second kappa shape index (κ2) is 6.91. The first-order valence-electron chi connectivity index (χ1n) is 7.19. The smallest absolute Gasteiger partial charge is 0.256 e. The number of benzene rings is 2. The van der Waals surface area contributed by atoms with Gasteiger partial charge in [-0.05, 0) is 53.3 Å². The minimum absolute atomic E-state index is 0.103. The van der Waals surface area contributed by atoms with E-state index in [0.717, 1.165) is 40.2 Å². The van der Waals surface area contributed by atoms with Crippen LogP contribution in [0.1, 0.15) is 22.3 Å². The summed E-state index contributed by atoms with van der Waals surface area (Å²) in [7, 11) is 0. The van der Waals surface area contributed by atoms with Crippen LogP contribution in [0.15, 0.2) is 53.5 Å². The maximum Gasteiger partial charge on any atom is 0.256 e. The number of rotatable bonds is 3. The van der Waals surface area contributed by atoms with Crippen LogP contribution in [0.25, 0.3) is 0 Å². The van der Waals surface area contributed by atoms with E-state index in [2.05, 4.69) is 38.2 Å². The van der Waals surface area contributed by atoms with Crippen LogP contribution in [0.2, 0.25) is 0 Å². The highest BCUT2D eigenvalue weighted by Crippen LogP contribution is 2.19. The highest BCUT2D eigenvalue weighted by molar-refractivity contribution is 14.1. The molecule has 5 heteroatoms. The largest absolute Gasteiger partial charge is 0.370 e. The van der Waals surface area contributed by atoms with Crippen molar-refractivity contribution in [3.05, 3.63) is 63.2 Å². The second-order valence-corrected chi connectivity index (χ2v) is 6.15. The van der Waals surface area contributed by atoms with Gasteiger partial charge < -0.3 is 10.6 Å². The summed E-state index contributed by atoms with van der Waals surface area (Å²) in [6, 6.07) is 15.3. The zero-order valence-electron chi connectivity index (χ0n) is 12.0. The molecule has 0 fully saturated rings. The first-order chi connectivity index (χ1) is 10.8. The van der Waals surface area contributed by atoms with E-state index in [4.69, 9.17) is 0 Å². The standard InChI is InChI=1S/C17H16IN3O/c18-14-8-3-1-6-12(14)17(22)21-15-9-4-2-7-13(15)16-19-10-5-11-20-16/h1-4,6-9H,5,10-11H2,(H,19,20)(H,21,22). The first-order valence-corrected chi connectivity index (χ1v) is 8.27. The Morgan fingerprint density at radius 1 is 1.14 bits per heavy atom. The molecule has 1 heterocycles. The van der Waals surface area contributed by atoms with Gasteiger partial charge in [0, 0.05) is 22.2 Å². The van der Waals surface area contributed by atoms with Crippen LogP contribution in [0.4, 0.5) is 5.69 Å². The predicted octanol–water partition coefficient (Wildman–Crippen LogP) is 3.28. The number of para-hydroxylation sites is 1. The van der Waals surface area contributed by atoms with Gasteiger partial charge in [0.15, 0.2) is 0 Å². The van der Waals surface area contributed by atoms with Crippen molar-refractivity contribution in [2.24, 2.45) is 4.99 Å². The minimum atomic E-state index is -0.103. The fourth-order valence-corrected chi connectivity index (χ4v) is 2.98. The van der Waals surface area contributed by atoms with E-state index < -0.39 is 0 Å². The van der Waals surface area contributed by atoms with Crippen molar-refractivity contribution in [1.29, 1.82) is 0 Å². The Labute approximate surface area is 143 Å². The number of aliphatic imine (C=N–C) groups is 1. The number of amides is 1. The molecule has 3 rings (SSSR count). The number of hydrogen-bond donors (Lipinski definition) is 2. The number of hydrogen-bond acceptors (Lipinski definition) is 3. The quantitative estimate of drug-likeness (QED) is 0.771. The minimum Gasteiger partial charge on any atom is -0.370 e. The molecule has 4 nitrogen and oxygen atoms in total. The van der Waals surface area contributed by atoms with Crippen molar-refractivity contribution in [2.45, 2.75) is 6.42 Å². The Bertz CT molecular complexity index is 727. The molecule has 0 radical (unpaired) electrons. The summed E-state index contributed by atoms with van der Waals surface area (Å²) in [5, 5.41) is 6.30. The van der Waals surface area contributed by atoms with E-state index in [0.29, 0.717) is 5.56 Å². The van der Waals surface area contributed by atoms with Crippen LogP contribution in [0.5, 0.6) is 0 Å². The molecule has 0 atom stereocenters. The van der Waals surface area contributed by atoms with Crippen molar-refractivity contribution < 1.29 is 4.79 Å². The molecule has 112 valence electrons. The number of halogens is 1. The molecule has 1 amide bonds. The molecule has 0 saturated carbocycles. The number of anilines is 1. The van der Waals surface area contributed by atoms with E-state index in [1.807, 2.05) is 48.5 Å². The van der Waals surface area contributed by atoms with Crippen LogP contribution in [-0.2, 0) is 0 Å². The van der Waals surface area contributed by atoms with Gasteiger partial charge in [-0.15, -0.1) is 0 Å². The Hall–Kier alpha value is -1.89. The summed E-state index contributed by atoms with van der Waals surface area (Å²) in [5.41, 5.74) is 2.39. The van der Waals surface area contributed by atoms with Crippen LogP contribution in [0, 0.1) is 3.57 Å². The lowest BCUT2D eigenvalue weighted by atomic mass is 10.1. The Balaban J connectivity index is 1.88. The summed E-state index contributed by atoms with van der Waals surface area (Å²) in [5.74, 6) is 0.749. The molecule has 2 aromatic carbocycles. The molecule has 0 aromatic heterocycles. The molecule has 22 heavy (non-hydrogen) atoms. The Morgan fingerprint density at radius 2 is 1.91 bits per heavy atom.